The maximum absolute atomic E-state index is 12.5. The highest BCUT2D eigenvalue weighted by atomic mass is 16.6. The molecule has 0 aromatic carbocycles. The SMILES string of the molecule is CN(C)c1nccnc1OC1CCCN(C(=O)CN2CCOC2=O)C1. The van der Waals surface area contributed by atoms with Gasteiger partial charge in [0.25, 0.3) is 5.88 Å². The van der Waals surface area contributed by atoms with Gasteiger partial charge in [-0.15, -0.1) is 0 Å². The lowest BCUT2D eigenvalue weighted by Gasteiger charge is -2.33. The zero-order chi connectivity index (χ0) is 17.8. The van der Waals surface area contributed by atoms with Crippen LogP contribution in [0.5, 0.6) is 5.88 Å². The second-order valence-corrected chi connectivity index (χ2v) is 6.34. The van der Waals surface area contributed by atoms with Crippen molar-refractivity contribution in [2.24, 2.45) is 0 Å². The summed E-state index contributed by atoms with van der Waals surface area (Å²) in [5.41, 5.74) is 0. The largest absolute Gasteiger partial charge is 0.470 e. The molecular weight excluding hydrogens is 326 g/mol. The Kier molecular flexibility index (Phi) is 5.20. The number of carbonyl (C=O) groups excluding carboxylic acids is 2. The fraction of sp³-hybridized carbons (Fsp3) is 0.625. The van der Waals surface area contributed by atoms with Gasteiger partial charge in [0.1, 0.15) is 19.3 Å². The van der Waals surface area contributed by atoms with Crippen molar-refractivity contribution in [3.63, 3.8) is 0 Å². The molecule has 0 N–H and O–H groups in total. The molecule has 2 fully saturated rings. The van der Waals surface area contributed by atoms with Crippen molar-refractivity contribution in [1.82, 2.24) is 19.8 Å². The van der Waals surface area contributed by atoms with Gasteiger partial charge in [0, 0.05) is 33.0 Å². The summed E-state index contributed by atoms with van der Waals surface area (Å²) in [6.07, 6.45) is 4.34. The first-order valence-corrected chi connectivity index (χ1v) is 8.39. The number of piperidine rings is 1. The number of ether oxygens (including phenoxy) is 2. The van der Waals surface area contributed by atoms with E-state index in [1.54, 1.807) is 17.3 Å². The van der Waals surface area contributed by atoms with E-state index in [1.807, 2.05) is 19.0 Å². The predicted molar refractivity (Wildman–Crippen MR) is 89.5 cm³/mol. The van der Waals surface area contributed by atoms with Gasteiger partial charge in [0.15, 0.2) is 5.82 Å². The summed E-state index contributed by atoms with van der Waals surface area (Å²) in [7, 11) is 3.76. The molecule has 2 aliphatic rings. The van der Waals surface area contributed by atoms with Crippen LogP contribution in [0.1, 0.15) is 12.8 Å². The van der Waals surface area contributed by atoms with Crippen molar-refractivity contribution >= 4 is 17.8 Å². The van der Waals surface area contributed by atoms with Crippen molar-refractivity contribution in [2.75, 3.05) is 51.8 Å². The highest BCUT2D eigenvalue weighted by molar-refractivity contribution is 5.83. The van der Waals surface area contributed by atoms with Crippen molar-refractivity contribution in [3.05, 3.63) is 12.4 Å². The third kappa shape index (κ3) is 4.09. The standard InChI is InChI=1S/C16H23N5O4/c1-19(2)14-15(18-6-5-17-14)25-12-4-3-7-20(10-12)13(22)11-21-8-9-24-16(21)23/h5-6,12H,3-4,7-11H2,1-2H3. The van der Waals surface area contributed by atoms with Gasteiger partial charge in [-0.3, -0.25) is 9.69 Å². The van der Waals surface area contributed by atoms with E-state index in [0.717, 1.165) is 12.8 Å². The molecule has 136 valence electrons. The van der Waals surface area contributed by atoms with Crippen LogP contribution in [0, 0.1) is 0 Å². The van der Waals surface area contributed by atoms with E-state index in [4.69, 9.17) is 9.47 Å². The molecule has 1 unspecified atom stereocenters. The summed E-state index contributed by atoms with van der Waals surface area (Å²) < 4.78 is 10.9. The molecule has 0 radical (unpaired) electrons. The average Bonchev–Trinajstić information content (AvgIpc) is 3.00. The number of cyclic esters (lactones) is 1. The van der Waals surface area contributed by atoms with Gasteiger partial charge in [-0.1, -0.05) is 0 Å². The van der Waals surface area contributed by atoms with Crippen molar-refractivity contribution < 1.29 is 19.1 Å². The Morgan fingerprint density at radius 2 is 2.16 bits per heavy atom. The van der Waals surface area contributed by atoms with Crippen LogP contribution in [0.15, 0.2) is 12.4 Å². The summed E-state index contributed by atoms with van der Waals surface area (Å²) in [6.45, 7) is 2.01. The summed E-state index contributed by atoms with van der Waals surface area (Å²) >= 11 is 0. The lowest BCUT2D eigenvalue weighted by atomic mass is 10.1. The average molecular weight is 349 g/mol. The zero-order valence-electron chi connectivity index (χ0n) is 14.6. The molecule has 0 bridgehead atoms. The number of rotatable bonds is 5. The molecule has 1 aromatic heterocycles. The molecule has 3 rings (SSSR count). The van der Waals surface area contributed by atoms with Gasteiger partial charge in [-0.25, -0.2) is 14.8 Å². The molecule has 2 aliphatic heterocycles. The van der Waals surface area contributed by atoms with Crippen LogP contribution in [-0.2, 0) is 9.53 Å². The van der Waals surface area contributed by atoms with E-state index >= 15 is 0 Å². The quantitative estimate of drug-likeness (QED) is 0.758. The molecule has 1 aromatic rings. The third-order valence-corrected chi connectivity index (χ3v) is 4.25. The van der Waals surface area contributed by atoms with E-state index in [2.05, 4.69) is 9.97 Å². The molecule has 9 heteroatoms. The number of likely N-dealkylation sites (tertiary alicyclic amines) is 1. The van der Waals surface area contributed by atoms with Crippen LogP contribution in [0.3, 0.4) is 0 Å². The van der Waals surface area contributed by atoms with Gasteiger partial charge in [0.2, 0.25) is 5.91 Å². The number of carbonyl (C=O) groups is 2. The summed E-state index contributed by atoms with van der Waals surface area (Å²) in [6, 6.07) is 0. The first-order valence-electron chi connectivity index (χ1n) is 8.39. The van der Waals surface area contributed by atoms with E-state index in [-0.39, 0.29) is 18.6 Å². The van der Waals surface area contributed by atoms with E-state index < -0.39 is 6.09 Å². The van der Waals surface area contributed by atoms with E-state index in [1.165, 1.54) is 4.90 Å². The molecule has 3 heterocycles. The lowest BCUT2D eigenvalue weighted by Crippen LogP contribution is -2.48. The summed E-state index contributed by atoms with van der Waals surface area (Å²) in [5, 5.41) is 0. The Balaban J connectivity index is 1.59. The van der Waals surface area contributed by atoms with Crippen molar-refractivity contribution in [3.8, 4) is 5.88 Å². The smallest absolute Gasteiger partial charge is 0.410 e. The van der Waals surface area contributed by atoms with E-state index in [9.17, 15) is 9.59 Å². The molecular formula is C16H23N5O4. The number of aromatic nitrogens is 2. The van der Waals surface area contributed by atoms with Gasteiger partial charge in [0.05, 0.1) is 13.1 Å². The molecule has 1 atom stereocenters. The van der Waals surface area contributed by atoms with Crippen LogP contribution in [0.4, 0.5) is 10.6 Å². The first-order chi connectivity index (χ1) is 12.0. The Morgan fingerprint density at radius 3 is 2.88 bits per heavy atom. The molecule has 0 saturated carbocycles. The maximum Gasteiger partial charge on any atom is 0.410 e. The van der Waals surface area contributed by atoms with Crippen molar-refractivity contribution in [1.29, 1.82) is 0 Å². The lowest BCUT2D eigenvalue weighted by molar-refractivity contribution is -0.134. The molecule has 9 nitrogen and oxygen atoms in total. The molecule has 25 heavy (non-hydrogen) atoms. The van der Waals surface area contributed by atoms with Gasteiger partial charge >= 0.3 is 6.09 Å². The maximum atomic E-state index is 12.5. The Morgan fingerprint density at radius 1 is 1.36 bits per heavy atom. The minimum Gasteiger partial charge on any atom is -0.470 e. The fourth-order valence-corrected chi connectivity index (χ4v) is 2.96. The Labute approximate surface area is 146 Å². The van der Waals surface area contributed by atoms with Gasteiger partial charge in [-0.2, -0.15) is 0 Å². The van der Waals surface area contributed by atoms with Crippen LogP contribution >= 0.6 is 0 Å². The number of hydrogen-bond donors (Lipinski definition) is 0. The Hall–Kier alpha value is -2.58. The number of nitrogens with zero attached hydrogens (tertiary/aromatic N) is 5. The molecule has 2 amide bonds. The number of anilines is 1. The highest BCUT2D eigenvalue weighted by Crippen LogP contribution is 2.24. The van der Waals surface area contributed by atoms with Crippen LogP contribution in [-0.4, -0.2) is 84.8 Å². The third-order valence-electron chi connectivity index (χ3n) is 4.25. The Bertz CT molecular complexity index is 639. The van der Waals surface area contributed by atoms with Crippen LogP contribution in [0.25, 0.3) is 0 Å². The second kappa shape index (κ2) is 7.54. The predicted octanol–water partition coefficient (Wildman–Crippen LogP) is 0.365. The first kappa shape index (κ1) is 17.2. The minimum absolute atomic E-state index is 0.0552. The number of amides is 2. The van der Waals surface area contributed by atoms with Crippen LogP contribution < -0.4 is 9.64 Å². The monoisotopic (exact) mass is 349 g/mol. The fourth-order valence-electron chi connectivity index (χ4n) is 2.96. The van der Waals surface area contributed by atoms with Gasteiger partial charge < -0.3 is 19.3 Å². The van der Waals surface area contributed by atoms with E-state index in [0.29, 0.717) is 37.9 Å². The minimum atomic E-state index is -0.423. The zero-order valence-corrected chi connectivity index (χ0v) is 14.6. The number of hydrogen-bond acceptors (Lipinski definition) is 7. The molecule has 0 aliphatic carbocycles. The highest BCUT2D eigenvalue weighted by Gasteiger charge is 2.30. The molecule has 0 spiro atoms. The van der Waals surface area contributed by atoms with Gasteiger partial charge in [-0.05, 0) is 12.8 Å². The molecule has 2 saturated heterocycles. The summed E-state index contributed by atoms with van der Waals surface area (Å²) in [4.78, 5) is 37.5. The second-order valence-electron chi connectivity index (χ2n) is 6.34. The van der Waals surface area contributed by atoms with Crippen LogP contribution in [0.2, 0.25) is 0 Å². The topological polar surface area (TPSA) is 88.1 Å². The normalized spacial score (nSPS) is 20.4. The van der Waals surface area contributed by atoms with Crippen molar-refractivity contribution in [2.45, 2.75) is 18.9 Å². The summed E-state index contributed by atoms with van der Waals surface area (Å²) in [5.74, 6) is 1.04.